The van der Waals surface area contributed by atoms with Crippen LogP contribution in [0.5, 0.6) is 0 Å². The number of nitrogens with one attached hydrogen (secondary N) is 1. The van der Waals surface area contributed by atoms with E-state index in [2.05, 4.69) is 11.9 Å². The van der Waals surface area contributed by atoms with Gasteiger partial charge in [0.05, 0.1) is 0 Å². The van der Waals surface area contributed by atoms with Gasteiger partial charge in [-0.2, -0.15) is 0 Å². The van der Waals surface area contributed by atoms with Crippen molar-refractivity contribution in [2.75, 3.05) is 32.7 Å². The molecule has 9 heteroatoms. The molecule has 2 aliphatic rings. The highest BCUT2D eigenvalue weighted by Crippen LogP contribution is 2.13. The van der Waals surface area contributed by atoms with Crippen LogP contribution in [0, 0.1) is 0 Å². The van der Waals surface area contributed by atoms with E-state index in [1.165, 1.54) is 6.08 Å². The number of carbonyl (C=O) groups is 4. The second-order valence-electron chi connectivity index (χ2n) is 5.02. The van der Waals surface area contributed by atoms with Gasteiger partial charge in [-0.05, 0) is 6.92 Å². The molecule has 0 aromatic heterocycles. The van der Waals surface area contributed by atoms with E-state index in [1.54, 1.807) is 4.90 Å². The first-order chi connectivity index (χ1) is 9.97. The molecule has 1 atom stereocenters. The Morgan fingerprint density at radius 1 is 1.32 bits per heavy atom. The first-order valence-electron chi connectivity index (χ1n) is 6.75. The molecule has 1 N–H and O–H groups in total. The molecule has 0 radical (unpaired) electrons. The first kappa shape index (κ1) is 18.1. The van der Waals surface area contributed by atoms with E-state index in [-0.39, 0.29) is 30.9 Å². The number of imide groups is 2. The van der Waals surface area contributed by atoms with Gasteiger partial charge in [0.15, 0.2) is 0 Å². The molecular formula is C13H19ClN4O4. The Bertz CT molecular complexity index is 510. The number of nitrogens with zero attached hydrogens (tertiary/aromatic N) is 3. The zero-order chi connectivity index (χ0) is 15.6. The summed E-state index contributed by atoms with van der Waals surface area (Å²) < 4.78 is 0. The van der Waals surface area contributed by atoms with Crippen LogP contribution in [0.4, 0.5) is 4.79 Å². The summed E-state index contributed by atoms with van der Waals surface area (Å²) in [6.07, 6.45) is 1.35. The average molecular weight is 331 g/mol. The van der Waals surface area contributed by atoms with Crippen molar-refractivity contribution in [2.45, 2.75) is 13.0 Å². The van der Waals surface area contributed by atoms with Crippen molar-refractivity contribution in [1.82, 2.24) is 20.0 Å². The van der Waals surface area contributed by atoms with Gasteiger partial charge in [-0.1, -0.05) is 6.08 Å². The van der Waals surface area contributed by atoms with E-state index in [0.29, 0.717) is 24.5 Å². The van der Waals surface area contributed by atoms with Crippen LogP contribution in [0.1, 0.15) is 6.92 Å². The van der Waals surface area contributed by atoms with Gasteiger partial charge in [0.2, 0.25) is 5.91 Å². The molecule has 2 rings (SSSR count). The topological polar surface area (TPSA) is 90.0 Å². The lowest BCUT2D eigenvalue weighted by Gasteiger charge is -2.34. The molecule has 0 aromatic rings. The summed E-state index contributed by atoms with van der Waals surface area (Å²) in [4.78, 5) is 50.8. The number of carbonyl (C=O) groups excluding carboxylic acids is 4. The maximum Gasteiger partial charge on any atom is 0.335 e. The van der Waals surface area contributed by atoms with Crippen molar-refractivity contribution in [3.63, 3.8) is 0 Å². The van der Waals surface area contributed by atoms with Crippen LogP contribution in [0.2, 0.25) is 0 Å². The van der Waals surface area contributed by atoms with Crippen LogP contribution in [0.15, 0.2) is 12.7 Å². The van der Waals surface area contributed by atoms with Gasteiger partial charge < -0.3 is 10.2 Å². The number of halogens is 1. The Morgan fingerprint density at radius 3 is 2.55 bits per heavy atom. The third kappa shape index (κ3) is 3.28. The van der Waals surface area contributed by atoms with Crippen molar-refractivity contribution >= 4 is 36.2 Å². The molecule has 2 aliphatic heterocycles. The minimum absolute atomic E-state index is 0. The van der Waals surface area contributed by atoms with Gasteiger partial charge in [-0.15, -0.1) is 19.0 Å². The third-order valence-corrected chi connectivity index (χ3v) is 3.56. The molecule has 0 saturated carbocycles. The van der Waals surface area contributed by atoms with E-state index >= 15 is 0 Å². The van der Waals surface area contributed by atoms with Crippen molar-refractivity contribution < 1.29 is 19.2 Å². The largest absolute Gasteiger partial charge is 0.336 e. The number of amides is 5. The molecule has 2 fully saturated rings. The number of rotatable bonds is 4. The Kier molecular flexibility index (Phi) is 6.07. The summed E-state index contributed by atoms with van der Waals surface area (Å²) in [6.45, 7) is 6.71. The van der Waals surface area contributed by atoms with E-state index in [4.69, 9.17) is 0 Å². The van der Waals surface area contributed by atoms with E-state index in [9.17, 15) is 19.2 Å². The van der Waals surface area contributed by atoms with E-state index in [1.807, 2.05) is 6.92 Å². The van der Waals surface area contributed by atoms with E-state index < -0.39 is 24.4 Å². The number of urea groups is 1. The van der Waals surface area contributed by atoms with Crippen LogP contribution >= 0.6 is 12.4 Å². The summed E-state index contributed by atoms with van der Waals surface area (Å²) in [6, 6.07) is -0.778. The van der Waals surface area contributed by atoms with E-state index in [0.717, 1.165) is 4.90 Å². The normalized spacial score (nSPS) is 22.0. The highest BCUT2D eigenvalue weighted by Gasteiger charge is 2.45. The molecule has 8 nitrogen and oxygen atoms in total. The summed E-state index contributed by atoms with van der Waals surface area (Å²) in [5, 5.41) is 3.15. The highest BCUT2D eigenvalue weighted by atomic mass is 35.5. The molecule has 5 amide bonds. The molecule has 0 aliphatic carbocycles. The van der Waals surface area contributed by atoms with Gasteiger partial charge in [-0.3, -0.25) is 19.3 Å². The lowest BCUT2D eigenvalue weighted by atomic mass is 10.2. The van der Waals surface area contributed by atoms with Crippen LogP contribution in [0.3, 0.4) is 0 Å². The second-order valence-corrected chi connectivity index (χ2v) is 5.02. The number of hydrogen-bond acceptors (Lipinski definition) is 5. The lowest BCUT2D eigenvalue weighted by Crippen LogP contribution is -2.55. The lowest BCUT2D eigenvalue weighted by molar-refractivity contribution is -0.145. The Labute approximate surface area is 134 Å². The van der Waals surface area contributed by atoms with Gasteiger partial charge in [-0.25, -0.2) is 9.69 Å². The SMILES string of the molecule is C=CCN1C(=O)C(=O)N(CC(=O)N2CCNC[C@@H]2C)C1=O.Cl. The molecule has 0 unspecified atom stereocenters. The fourth-order valence-corrected chi connectivity index (χ4v) is 2.42. The minimum Gasteiger partial charge on any atom is -0.336 e. The smallest absolute Gasteiger partial charge is 0.335 e. The Balaban J connectivity index is 0.00000242. The molecule has 22 heavy (non-hydrogen) atoms. The van der Waals surface area contributed by atoms with Crippen molar-refractivity contribution in [3.05, 3.63) is 12.7 Å². The standard InChI is InChI=1S/C13H18N4O4.ClH/c1-3-5-16-11(19)12(20)17(13(16)21)8-10(18)15-6-4-14-7-9(15)2;/h3,9,14H,1,4-8H2,2H3;1H/t9-;/m0./s1. The summed E-state index contributed by atoms with van der Waals surface area (Å²) in [5.74, 6) is -2.21. The third-order valence-electron chi connectivity index (χ3n) is 3.56. The fraction of sp³-hybridized carbons (Fsp3) is 0.538. The van der Waals surface area contributed by atoms with Crippen molar-refractivity contribution in [1.29, 1.82) is 0 Å². The maximum absolute atomic E-state index is 12.2. The number of piperazine rings is 1. The van der Waals surface area contributed by atoms with Crippen molar-refractivity contribution in [2.24, 2.45) is 0 Å². The molecule has 0 spiro atoms. The quantitative estimate of drug-likeness (QED) is 0.414. The molecule has 2 saturated heterocycles. The van der Waals surface area contributed by atoms with Crippen LogP contribution in [-0.2, 0) is 14.4 Å². The second kappa shape index (κ2) is 7.37. The van der Waals surface area contributed by atoms with Crippen molar-refractivity contribution in [3.8, 4) is 0 Å². The average Bonchev–Trinajstić information content (AvgIpc) is 2.66. The predicted molar refractivity (Wildman–Crippen MR) is 80.3 cm³/mol. The maximum atomic E-state index is 12.2. The molecular weight excluding hydrogens is 312 g/mol. The monoisotopic (exact) mass is 330 g/mol. The highest BCUT2D eigenvalue weighted by molar-refractivity contribution is 6.45. The van der Waals surface area contributed by atoms with Gasteiger partial charge in [0.25, 0.3) is 0 Å². The van der Waals surface area contributed by atoms with Gasteiger partial charge >= 0.3 is 17.8 Å². The van der Waals surface area contributed by atoms with Gasteiger partial charge in [0, 0.05) is 32.2 Å². The van der Waals surface area contributed by atoms with Crippen LogP contribution < -0.4 is 5.32 Å². The zero-order valence-electron chi connectivity index (χ0n) is 12.3. The predicted octanol–water partition coefficient (Wildman–Crippen LogP) is -0.795. The fourth-order valence-electron chi connectivity index (χ4n) is 2.42. The molecule has 0 aromatic carbocycles. The molecule has 2 heterocycles. The Hall–Kier alpha value is -1.93. The molecule has 122 valence electrons. The molecule has 0 bridgehead atoms. The minimum atomic E-state index is -0.960. The van der Waals surface area contributed by atoms with Crippen LogP contribution in [0.25, 0.3) is 0 Å². The van der Waals surface area contributed by atoms with Gasteiger partial charge in [0.1, 0.15) is 6.54 Å². The van der Waals surface area contributed by atoms with Crippen LogP contribution in [-0.4, -0.2) is 77.2 Å². The summed E-state index contributed by atoms with van der Waals surface area (Å²) in [5.41, 5.74) is 0. The summed E-state index contributed by atoms with van der Waals surface area (Å²) in [7, 11) is 0. The zero-order valence-corrected chi connectivity index (χ0v) is 13.1. The number of hydrogen-bond donors (Lipinski definition) is 1. The summed E-state index contributed by atoms with van der Waals surface area (Å²) >= 11 is 0. The Morgan fingerprint density at radius 2 is 1.95 bits per heavy atom. The first-order valence-corrected chi connectivity index (χ1v) is 6.75.